The van der Waals surface area contributed by atoms with Gasteiger partial charge in [-0.05, 0) is 19.1 Å². The SMILES string of the molecule is CCOCCOCC(=O)NCc1ccc(C(=O)O)o1. The maximum absolute atomic E-state index is 11.4. The molecule has 106 valence electrons. The van der Waals surface area contributed by atoms with Crippen molar-refractivity contribution in [1.29, 1.82) is 0 Å². The molecule has 0 spiro atoms. The minimum atomic E-state index is -1.14. The lowest BCUT2D eigenvalue weighted by Gasteiger charge is -2.05. The maximum atomic E-state index is 11.4. The first-order valence-corrected chi connectivity index (χ1v) is 5.87. The van der Waals surface area contributed by atoms with E-state index in [0.29, 0.717) is 25.6 Å². The number of nitrogens with one attached hydrogen (secondary N) is 1. The van der Waals surface area contributed by atoms with Gasteiger partial charge in [0.05, 0.1) is 19.8 Å². The molecular weight excluding hydrogens is 254 g/mol. The Bertz CT molecular complexity index is 414. The topological polar surface area (TPSA) is 98.0 Å². The highest BCUT2D eigenvalue weighted by atomic mass is 16.5. The van der Waals surface area contributed by atoms with Gasteiger partial charge in [-0.2, -0.15) is 0 Å². The summed E-state index contributed by atoms with van der Waals surface area (Å²) in [5, 5.41) is 11.2. The molecule has 7 nitrogen and oxygen atoms in total. The maximum Gasteiger partial charge on any atom is 0.371 e. The summed E-state index contributed by atoms with van der Waals surface area (Å²) in [6, 6.07) is 2.84. The lowest BCUT2D eigenvalue weighted by Crippen LogP contribution is -2.27. The molecule has 2 N–H and O–H groups in total. The van der Waals surface area contributed by atoms with Crippen molar-refractivity contribution < 1.29 is 28.6 Å². The van der Waals surface area contributed by atoms with E-state index in [4.69, 9.17) is 19.0 Å². The molecular formula is C12H17NO6. The Balaban J connectivity index is 2.17. The number of carbonyl (C=O) groups is 2. The summed E-state index contributed by atoms with van der Waals surface area (Å²) in [5.41, 5.74) is 0. The molecule has 0 unspecified atom stereocenters. The zero-order valence-electron chi connectivity index (χ0n) is 10.7. The quantitative estimate of drug-likeness (QED) is 0.640. The van der Waals surface area contributed by atoms with Gasteiger partial charge in [0.1, 0.15) is 12.4 Å². The fourth-order valence-electron chi connectivity index (χ4n) is 1.25. The van der Waals surface area contributed by atoms with Gasteiger partial charge in [0.25, 0.3) is 0 Å². The molecule has 0 atom stereocenters. The van der Waals surface area contributed by atoms with E-state index in [1.807, 2.05) is 6.92 Å². The molecule has 7 heteroatoms. The third-order valence-electron chi connectivity index (χ3n) is 2.14. The number of amides is 1. The summed E-state index contributed by atoms with van der Waals surface area (Å²) in [6.07, 6.45) is 0. The van der Waals surface area contributed by atoms with Gasteiger partial charge >= 0.3 is 5.97 Å². The average Bonchev–Trinajstić information content (AvgIpc) is 2.85. The number of carboxylic acids is 1. The molecule has 1 aromatic heterocycles. The van der Waals surface area contributed by atoms with E-state index in [1.165, 1.54) is 12.1 Å². The molecule has 0 aromatic carbocycles. The van der Waals surface area contributed by atoms with Crippen molar-refractivity contribution in [3.05, 3.63) is 23.7 Å². The average molecular weight is 271 g/mol. The van der Waals surface area contributed by atoms with E-state index < -0.39 is 5.97 Å². The van der Waals surface area contributed by atoms with E-state index >= 15 is 0 Å². The molecule has 0 aliphatic heterocycles. The van der Waals surface area contributed by atoms with Gasteiger partial charge in [-0.3, -0.25) is 4.79 Å². The highest BCUT2D eigenvalue weighted by Gasteiger charge is 2.09. The number of hydrogen-bond donors (Lipinski definition) is 2. The number of carboxylic acid groups (broad SMARTS) is 1. The molecule has 1 aromatic rings. The lowest BCUT2D eigenvalue weighted by atomic mass is 10.4. The van der Waals surface area contributed by atoms with Gasteiger partial charge in [0, 0.05) is 6.61 Å². The van der Waals surface area contributed by atoms with Crippen LogP contribution in [0.25, 0.3) is 0 Å². The van der Waals surface area contributed by atoms with Crippen LogP contribution in [0.15, 0.2) is 16.5 Å². The number of rotatable bonds is 9. The van der Waals surface area contributed by atoms with Crippen molar-refractivity contribution >= 4 is 11.9 Å². The zero-order valence-corrected chi connectivity index (χ0v) is 10.7. The smallest absolute Gasteiger partial charge is 0.371 e. The van der Waals surface area contributed by atoms with Crippen LogP contribution in [-0.2, 0) is 20.8 Å². The van der Waals surface area contributed by atoms with Gasteiger partial charge in [-0.1, -0.05) is 0 Å². The van der Waals surface area contributed by atoms with Gasteiger partial charge in [-0.25, -0.2) is 4.79 Å². The summed E-state index contributed by atoms with van der Waals surface area (Å²) < 4.78 is 15.1. The summed E-state index contributed by atoms with van der Waals surface area (Å²) in [4.78, 5) is 21.9. The van der Waals surface area contributed by atoms with E-state index in [-0.39, 0.29) is 24.8 Å². The minimum Gasteiger partial charge on any atom is -0.475 e. The largest absolute Gasteiger partial charge is 0.475 e. The Hall–Kier alpha value is -1.86. The van der Waals surface area contributed by atoms with Crippen molar-refractivity contribution in [2.24, 2.45) is 0 Å². The minimum absolute atomic E-state index is 0.0699. The second-order valence-corrected chi connectivity index (χ2v) is 3.60. The van der Waals surface area contributed by atoms with E-state index in [0.717, 1.165) is 0 Å². The van der Waals surface area contributed by atoms with Crippen LogP contribution in [-0.4, -0.2) is 43.4 Å². The normalized spacial score (nSPS) is 10.4. The van der Waals surface area contributed by atoms with E-state index in [1.54, 1.807) is 0 Å². The van der Waals surface area contributed by atoms with Crippen molar-refractivity contribution in [1.82, 2.24) is 5.32 Å². The predicted octanol–water partition coefficient (Wildman–Crippen LogP) is 0.647. The monoisotopic (exact) mass is 271 g/mol. The van der Waals surface area contributed by atoms with Crippen LogP contribution >= 0.6 is 0 Å². The van der Waals surface area contributed by atoms with Crippen LogP contribution in [0.4, 0.5) is 0 Å². The van der Waals surface area contributed by atoms with Crippen LogP contribution in [0.3, 0.4) is 0 Å². The highest BCUT2D eigenvalue weighted by molar-refractivity contribution is 5.84. The molecule has 0 radical (unpaired) electrons. The second-order valence-electron chi connectivity index (χ2n) is 3.60. The molecule has 1 heterocycles. The first-order valence-electron chi connectivity index (χ1n) is 5.87. The number of carbonyl (C=O) groups excluding carboxylic acids is 1. The Morgan fingerprint density at radius 1 is 1.32 bits per heavy atom. The molecule has 0 fully saturated rings. The highest BCUT2D eigenvalue weighted by Crippen LogP contribution is 2.07. The van der Waals surface area contributed by atoms with Crippen LogP contribution in [0.2, 0.25) is 0 Å². The molecule has 1 rings (SSSR count). The van der Waals surface area contributed by atoms with Crippen molar-refractivity contribution in [3.63, 3.8) is 0 Å². The lowest BCUT2D eigenvalue weighted by molar-refractivity contribution is -0.126. The molecule has 19 heavy (non-hydrogen) atoms. The number of furan rings is 1. The fraction of sp³-hybridized carbons (Fsp3) is 0.500. The van der Waals surface area contributed by atoms with Gasteiger partial charge < -0.3 is 24.3 Å². The van der Waals surface area contributed by atoms with Gasteiger partial charge in [0.15, 0.2) is 0 Å². The van der Waals surface area contributed by atoms with Crippen molar-refractivity contribution in [3.8, 4) is 0 Å². The number of hydrogen-bond acceptors (Lipinski definition) is 5. The number of aromatic carboxylic acids is 1. The molecule has 0 saturated carbocycles. The summed E-state index contributed by atoms with van der Waals surface area (Å²) >= 11 is 0. The first-order chi connectivity index (χ1) is 9.13. The standard InChI is InChI=1S/C12H17NO6/c1-2-17-5-6-18-8-11(14)13-7-9-3-4-10(19-9)12(15)16/h3-4H,2,5-8H2,1H3,(H,13,14)(H,15,16). The summed E-state index contributed by atoms with van der Waals surface area (Å²) in [7, 11) is 0. The summed E-state index contributed by atoms with van der Waals surface area (Å²) in [5.74, 6) is -1.22. The molecule has 1 amide bonds. The second kappa shape index (κ2) is 8.28. The number of ether oxygens (including phenoxy) is 2. The van der Waals surface area contributed by atoms with E-state index in [9.17, 15) is 9.59 Å². The van der Waals surface area contributed by atoms with Crippen LogP contribution in [0.5, 0.6) is 0 Å². The Kier molecular flexibility index (Phi) is 6.62. The van der Waals surface area contributed by atoms with Crippen LogP contribution < -0.4 is 5.32 Å². The van der Waals surface area contributed by atoms with Gasteiger partial charge in [-0.15, -0.1) is 0 Å². The third-order valence-corrected chi connectivity index (χ3v) is 2.14. The van der Waals surface area contributed by atoms with Crippen LogP contribution in [0, 0.1) is 0 Å². The van der Waals surface area contributed by atoms with Crippen molar-refractivity contribution in [2.75, 3.05) is 26.4 Å². The van der Waals surface area contributed by atoms with E-state index in [2.05, 4.69) is 5.32 Å². The van der Waals surface area contributed by atoms with Gasteiger partial charge in [0.2, 0.25) is 11.7 Å². The Morgan fingerprint density at radius 3 is 2.68 bits per heavy atom. The predicted molar refractivity (Wildman–Crippen MR) is 64.8 cm³/mol. The first kappa shape index (κ1) is 15.2. The molecule has 0 aliphatic carbocycles. The Morgan fingerprint density at radius 2 is 2.05 bits per heavy atom. The molecule has 0 bridgehead atoms. The zero-order chi connectivity index (χ0) is 14.1. The fourth-order valence-corrected chi connectivity index (χ4v) is 1.25. The van der Waals surface area contributed by atoms with Crippen molar-refractivity contribution in [2.45, 2.75) is 13.5 Å². The third kappa shape index (κ3) is 6.03. The van der Waals surface area contributed by atoms with Crippen LogP contribution in [0.1, 0.15) is 23.2 Å². The molecule has 0 aliphatic rings. The summed E-state index contributed by atoms with van der Waals surface area (Å²) in [6.45, 7) is 3.34. The Labute approximate surface area is 110 Å². The molecule has 0 saturated heterocycles.